The molecule has 0 saturated carbocycles. The van der Waals surface area contributed by atoms with Gasteiger partial charge in [-0.1, -0.05) is 29.3 Å². The number of rotatable bonds is 2. The second kappa shape index (κ2) is 6.43. The fourth-order valence-electron chi connectivity index (χ4n) is 2.59. The van der Waals surface area contributed by atoms with Gasteiger partial charge in [0.1, 0.15) is 13.2 Å². The van der Waals surface area contributed by atoms with Gasteiger partial charge in [-0.05, 0) is 42.0 Å². The van der Waals surface area contributed by atoms with Gasteiger partial charge >= 0.3 is 0 Å². The summed E-state index contributed by atoms with van der Waals surface area (Å²) in [5.41, 5.74) is 1.02. The molecule has 2 heterocycles. The topological polar surface area (TPSA) is 64.2 Å². The third-order valence-electron chi connectivity index (χ3n) is 3.75. The summed E-state index contributed by atoms with van der Waals surface area (Å²) in [4.78, 5) is 19.3. The normalized spacial score (nSPS) is 13.9. The number of H-pyrrole nitrogens is 1. The van der Waals surface area contributed by atoms with Crippen molar-refractivity contribution < 1.29 is 9.47 Å². The van der Waals surface area contributed by atoms with E-state index in [0.717, 1.165) is 5.56 Å². The highest BCUT2D eigenvalue weighted by atomic mass is 35.5. The van der Waals surface area contributed by atoms with Crippen LogP contribution < -0.4 is 15.0 Å². The molecule has 126 valence electrons. The van der Waals surface area contributed by atoms with Crippen LogP contribution >= 0.6 is 23.2 Å². The fourth-order valence-corrected chi connectivity index (χ4v) is 2.97. The number of halogens is 2. The summed E-state index contributed by atoms with van der Waals surface area (Å²) < 4.78 is 11.0. The van der Waals surface area contributed by atoms with E-state index in [-0.39, 0.29) is 11.4 Å². The number of nitrogens with zero attached hydrogens (tertiary/aromatic N) is 1. The van der Waals surface area contributed by atoms with E-state index in [1.165, 1.54) is 0 Å². The zero-order valence-electron chi connectivity index (χ0n) is 12.9. The van der Waals surface area contributed by atoms with Crippen molar-refractivity contribution in [2.24, 2.45) is 0 Å². The lowest BCUT2D eigenvalue weighted by Crippen LogP contribution is -2.15. The molecule has 0 radical (unpaired) electrons. The molecule has 0 bridgehead atoms. The number of benzene rings is 2. The van der Waals surface area contributed by atoms with E-state index in [4.69, 9.17) is 32.7 Å². The van der Waals surface area contributed by atoms with Crippen LogP contribution in [-0.4, -0.2) is 23.2 Å². The maximum Gasteiger partial charge on any atom is 0.259 e. The maximum absolute atomic E-state index is 12.2. The molecule has 0 spiro atoms. The Bertz CT molecular complexity index is 1060. The zero-order valence-corrected chi connectivity index (χ0v) is 14.4. The van der Waals surface area contributed by atoms with Crippen LogP contribution in [0.25, 0.3) is 22.0 Å². The van der Waals surface area contributed by atoms with Gasteiger partial charge in [0.2, 0.25) is 0 Å². The van der Waals surface area contributed by atoms with E-state index in [0.29, 0.717) is 45.7 Å². The average molecular weight is 375 g/mol. The molecule has 0 unspecified atom stereocenters. The minimum absolute atomic E-state index is 0.273. The molecule has 0 fully saturated rings. The Kier molecular flexibility index (Phi) is 4.11. The van der Waals surface area contributed by atoms with Crippen LogP contribution in [0, 0.1) is 0 Å². The molecule has 25 heavy (non-hydrogen) atoms. The monoisotopic (exact) mass is 374 g/mol. The van der Waals surface area contributed by atoms with Crippen molar-refractivity contribution in [3.63, 3.8) is 0 Å². The largest absolute Gasteiger partial charge is 0.486 e. The maximum atomic E-state index is 12.2. The van der Waals surface area contributed by atoms with Crippen LogP contribution in [0.15, 0.2) is 41.2 Å². The lowest BCUT2D eigenvalue weighted by Gasteiger charge is -2.18. The van der Waals surface area contributed by atoms with Gasteiger partial charge < -0.3 is 14.5 Å². The van der Waals surface area contributed by atoms with Gasteiger partial charge in [0.05, 0.1) is 15.9 Å². The third-order valence-corrected chi connectivity index (χ3v) is 4.28. The number of hydrogen-bond donors (Lipinski definition) is 1. The first-order valence-electron chi connectivity index (χ1n) is 7.57. The Morgan fingerprint density at radius 3 is 2.76 bits per heavy atom. The SMILES string of the molecule is O=c1[nH]c(/C(Cl)=C/c2ccc3c(c2)OCCO3)nc2cc(Cl)ccc12. The Morgan fingerprint density at radius 2 is 1.92 bits per heavy atom. The number of ether oxygens (including phenoxy) is 2. The van der Waals surface area contributed by atoms with Gasteiger partial charge in [-0.2, -0.15) is 0 Å². The van der Waals surface area contributed by atoms with Gasteiger partial charge in [-0.15, -0.1) is 0 Å². The lowest BCUT2D eigenvalue weighted by atomic mass is 10.1. The van der Waals surface area contributed by atoms with Crippen molar-refractivity contribution >= 4 is 45.2 Å². The second-order valence-corrected chi connectivity index (χ2v) is 6.32. The molecule has 0 atom stereocenters. The van der Waals surface area contributed by atoms with Crippen LogP contribution in [0.3, 0.4) is 0 Å². The summed E-state index contributed by atoms with van der Waals surface area (Å²) in [6, 6.07) is 10.4. The number of hydrogen-bond acceptors (Lipinski definition) is 4. The zero-order chi connectivity index (χ0) is 17.4. The first-order valence-corrected chi connectivity index (χ1v) is 8.32. The van der Waals surface area contributed by atoms with Crippen LogP contribution in [0.2, 0.25) is 5.02 Å². The summed E-state index contributed by atoms with van der Waals surface area (Å²) in [7, 11) is 0. The van der Waals surface area contributed by atoms with Crippen molar-refractivity contribution in [3.05, 3.63) is 63.2 Å². The third kappa shape index (κ3) is 3.21. The first-order chi connectivity index (χ1) is 12.1. The molecular weight excluding hydrogens is 363 g/mol. The molecule has 2 aromatic carbocycles. The summed E-state index contributed by atoms with van der Waals surface area (Å²) in [6.07, 6.45) is 1.70. The molecular formula is C18H12Cl2N2O3. The van der Waals surface area contributed by atoms with E-state index >= 15 is 0 Å². The van der Waals surface area contributed by atoms with Crippen LogP contribution in [0.1, 0.15) is 11.4 Å². The van der Waals surface area contributed by atoms with Gasteiger partial charge in [-0.3, -0.25) is 4.79 Å². The van der Waals surface area contributed by atoms with Gasteiger partial charge in [0.15, 0.2) is 17.3 Å². The minimum atomic E-state index is -0.273. The van der Waals surface area contributed by atoms with Crippen LogP contribution in [-0.2, 0) is 0 Å². The Labute approximate surface area is 152 Å². The summed E-state index contributed by atoms with van der Waals surface area (Å²) in [5, 5.41) is 1.26. The summed E-state index contributed by atoms with van der Waals surface area (Å²) in [5.74, 6) is 1.64. The van der Waals surface area contributed by atoms with Crippen LogP contribution in [0.4, 0.5) is 0 Å². The van der Waals surface area contributed by atoms with Crippen molar-refractivity contribution in [2.45, 2.75) is 0 Å². The smallest absolute Gasteiger partial charge is 0.259 e. The lowest BCUT2D eigenvalue weighted by molar-refractivity contribution is 0.171. The fraction of sp³-hybridized carbons (Fsp3) is 0.111. The molecule has 1 aliphatic heterocycles. The van der Waals surface area contributed by atoms with Crippen molar-refractivity contribution in [1.82, 2.24) is 9.97 Å². The van der Waals surface area contributed by atoms with Gasteiger partial charge in [-0.25, -0.2) is 4.98 Å². The summed E-state index contributed by atoms with van der Waals surface area (Å²) >= 11 is 12.3. The Hall–Kier alpha value is -2.50. The number of fused-ring (bicyclic) bond motifs is 2. The number of aromatic nitrogens is 2. The van der Waals surface area contributed by atoms with Gasteiger partial charge in [0, 0.05) is 5.02 Å². The highest BCUT2D eigenvalue weighted by Gasteiger charge is 2.12. The number of nitrogens with one attached hydrogen (secondary N) is 1. The molecule has 1 N–H and O–H groups in total. The molecule has 1 aromatic heterocycles. The van der Waals surface area contributed by atoms with Crippen LogP contribution in [0.5, 0.6) is 11.5 Å². The molecule has 7 heteroatoms. The molecule has 3 aromatic rings. The summed E-state index contributed by atoms with van der Waals surface area (Å²) in [6.45, 7) is 1.04. The predicted molar refractivity (Wildman–Crippen MR) is 98.5 cm³/mol. The van der Waals surface area contributed by atoms with Gasteiger partial charge in [0.25, 0.3) is 5.56 Å². The van der Waals surface area contributed by atoms with E-state index in [1.54, 1.807) is 24.3 Å². The predicted octanol–water partition coefficient (Wildman–Crippen LogP) is 4.08. The van der Waals surface area contributed by atoms with Crippen molar-refractivity contribution in [3.8, 4) is 11.5 Å². The number of aromatic amines is 1. The van der Waals surface area contributed by atoms with Crippen molar-refractivity contribution in [2.75, 3.05) is 13.2 Å². The molecule has 1 aliphatic rings. The van der Waals surface area contributed by atoms with E-state index in [2.05, 4.69) is 9.97 Å². The molecule has 0 aliphatic carbocycles. The minimum Gasteiger partial charge on any atom is -0.486 e. The highest BCUT2D eigenvalue weighted by molar-refractivity contribution is 6.50. The van der Waals surface area contributed by atoms with E-state index < -0.39 is 0 Å². The van der Waals surface area contributed by atoms with E-state index in [1.807, 2.05) is 18.2 Å². The Morgan fingerprint density at radius 1 is 1.12 bits per heavy atom. The van der Waals surface area contributed by atoms with E-state index in [9.17, 15) is 4.79 Å². The second-order valence-electron chi connectivity index (χ2n) is 5.47. The molecule has 5 nitrogen and oxygen atoms in total. The first kappa shape index (κ1) is 16.0. The molecule has 0 saturated heterocycles. The van der Waals surface area contributed by atoms with Crippen molar-refractivity contribution in [1.29, 1.82) is 0 Å². The molecule has 4 rings (SSSR count). The Balaban J connectivity index is 1.75. The quantitative estimate of drug-likeness (QED) is 0.733. The highest BCUT2D eigenvalue weighted by Crippen LogP contribution is 2.32. The molecule has 0 amide bonds. The average Bonchev–Trinajstić information content (AvgIpc) is 2.61. The standard InChI is InChI=1S/C18H12Cl2N2O3/c19-11-2-3-12-14(9-11)21-17(22-18(12)23)13(20)7-10-1-4-15-16(8-10)25-6-5-24-15/h1-4,7-9H,5-6H2,(H,21,22,23)/b13-7-.